The smallest absolute Gasteiger partial charge is 0.314 e. The van der Waals surface area contributed by atoms with Crippen LogP contribution in [0, 0.1) is 5.92 Å². The maximum atomic E-state index is 12.4. The Bertz CT molecular complexity index is 628. The molecule has 1 N–H and O–H groups in total. The van der Waals surface area contributed by atoms with Gasteiger partial charge in [0.2, 0.25) is 0 Å². The Labute approximate surface area is 143 Å². The SMILES string of the molecule is CC(=O)OC1(c2ccc(CO)cc2)OC(=O)C2CCCCC21Br. The van der Waals surface area contributed by atoms with Crippen molar-refractivity contribution in [3.05, 3.63) is 35.4 Å². The number of esters is 2. The summed E-state index contributed by atoms with van der Waals surface area (Å²) in [4.78, 5) is 24.2. The lowest BCUT2D eigenvalue weighted by Crippen LogP contribution is -2.51. The van der Waals surface area contributed by atoms with Crippen LogP contribution in [-0.4, -0.2) is 21.4 Å². The van der Waals surface area contributed by atoms with Gasteiger partial charge in [-0.25, -0.2) is 0 Å². The van der Waals surface area contributed by atoms with Crippen LogP contribution in [-0.2, 0) is 31.5 Å². The first-order valence-electron chi connectivity index (χ1n) is 7.74. The lowest BCUT2D eigenvalue weighted by molar-refractivity contribution is -0.225. The average Bonchev–Trinajstić information content (AvgIpc) is 2.75. The first kappa shape index (κ1) is 16.5. The first-order chi connectivity index (χ1) is 10.9. The molecule has 1 heterocycles. The van der Waals surface area contributed by atoms with Crippen molar-refractivity contribution < 1.29 is 24.2 Å². The number of halogens is 1. The maximum absolute atomic E-state index is 12.4. The Morgan fingerprint density at radius 3 is 2.70 bits per heavy atom. The van der Waals surface area contributed by atoms with Crippen LogP contribution < -0.4 is 0 Å². The number of fused-ring (bicyclic) bond motifs is 1. The molecular formula is C17H19BrO5. The fourth-order valence-corrected chi connectivity index (χ4v) is 4.71. The fourth-order valence-electron chi connectivity index (χ4n) is 3.63. The van der Waals surface area contributed by atoms with E-state index in [1.54, 1.807) is 24.3 Å². The highest BCUT2D eigenvalue weighted by atomic mass is 79.9. The highest BCUT2D eigenvalue weighted by Crippen LogP contribution is 2.59. The largest absolute Gasteiger partial charge is 0.417 e. The summed E-state index contributed by atoms with van der Waals surface area (Å²) in [7, 11) is 0. The third-order valence-electron chi connectivity index (χ3n) is 4.72. The number of hydrogen-bond acceptors (Lipinski definition) is 5. The van der Waals surface area contributed by atoms with Crippen LogP contribution in [0.15, 0.2) is 24.3 Å². The van der Waals surface area contributed by atoms with Crippen molar-refractivity contribution >= 4 is 27.9 Å². The molecule has 1 aliphatic heterocycles. The van der Waals surface area contributed by atoms with E-state index in [4.69, 9.17) is 9.47 Å². The predicted octanol–water partition coefficient (Wildman–Crippen LogP) is 2.78. The Balaban J connectivity index is 2.12. The van der Waals surface area contributed by atoms with E-state index in [0.29, 0.717) is 18.4 Å². The summed E-state index contributed by atoms with van der Waals surface area (Å²) in [5.41, 5.74) is 1.33. The molecule has 2 fully saturated rings. The Morgan fingerprint density at radius 2 is 2.09 bits per heavy atom. The van der Waals surface area contributed by atoms with Gasteiger partial charge >= 0.3 is 11.9 Å². The average molecular weight is 383 g/mol. The van der Waals surface area contributed by atoms with Crippen molar-refractivity contribution in [3.8, 4) is 0 Å². The molecular weight excluding hydrogens is 364 g/mol. The quantitative estimate of drug-likeness (QED) is 0.642. The van der Waals surface area contributed by atoms with Gasteiger partial charge in [0.15, 0.2) is 0 Å². The molecule has 1 aliphatic carbocycles. The number of rotatable bonds is 3. The molecule has 3 atom stereocenters. The Morgan fingerprint density at radius 1 is 1.39 bits per heavy atom. The van der Waals surface area contributed by atoms with Gasteiger partial charge in [-0.3, -0.25) is 9.59 Å². The second kappa shape index (κ2) is 5.91. The Hall–Kier alpha value is -1.40. The van der Waals surface area contributed by atoms with Crippen LogP contribution >= 0.6 is 15.9 Å². The number of aliphatic hydroxyl groups excluding tert-OH is 1. The standard InChI is InChI=1S/C17H19BrO5/c1-11(20)22-17(13-7-5-12(10-19)6-8-13)16(18)9-3-2-4-14(16)15(21)23-17/h5-8,14,19H,2-4,9-10H2,1H3. The van der Waals surface area contributed by atoms with E-state index in [0.717, 1.165) is 18.4 Å². The summed E-state index contributed by atoms with van der Waals surface area (Å²) in [5, 5.41) is 9.20. The molecule has 0 amide bonds. The van der Waals surface area contributed by atoms with Gasteiger partial charge in [-0.2, -0.15) is 0 Å². The van der Waals surface area contributed by atoms with Crippen molar-refractivity contribution in [3.63, 3.8) is 0 Å². The van der Waals surface area contributed by atoms with E-state index >= 15 is 0 Å². The minimum absolute atomic E-state index is 0.0806. The number of carbonyl (C=O) groups is 2. The van der Waals surface area contributed by atoms with E-state index < -0.39 is 16.1 Å². The van der Waals surface area contributed by atoms with Crippen molar-refractivity contribution in [2.75, 3.05) is 0 Å². The van der Waals surface area contributed by atoms with Crippen LogP contribution in [0.4, 0.5) is 0 Å². The van der Waals surface area contributed by atoms with E-state index in [9.17, 15) is 14.7 Å². The van der Waals surface area contributed by atoms with Crippen LogP contribution in [0.5, 0.6) is 0 Å². The Kier molecular flexibility index (Phi) is 4.23. The van der Waals surface area contributed by atoms with Crippen LogP contribution in [0.3, 0.4) is 0 Å². The van der Waals surface area contributed by atoms with E-state index in [-0.39, 0.29) is 18.5 Å². The van der Waals surface area contributed by atoms with Crippen molar-refractivity contribution in [2.45, 2.75) is 49.3 Å². The minimum Gasteiger partial charge on any atom is -0.417 e. The highest BCUT2D eigenvalue weighted by molar-refractivity contribution is 9.10. The molecule has 3 rings (SSSR count). The first-order valence-corrected chi connectivity index (χ1v) is 8.54. The van der Waals surface area contributed by atoms with Gasteiger partial charge in [0.25, 0.3) is 5.79 Å². The molecule has 0 spiro atoms. The summed E-state index contributed by atoms with van der Waals surface area (Å²) in [6.07, 6.45) is 3.27. The molecule has 3 unspecified atom stereocenters. The number of aliphatic hydroxyl groups is 1. The third-order valence-corrected chi connectivity index (χ3v) is 6.19. The second-order valence-corrected chi connectivity index (χ2v) is 7.56. The van der Waals surface area contributed by atoms with E-state index in [1.807, 2.05) is 0 Å². The van der Waals surface area contributed by atoms with Gasteiger partial charge in [0.1, 0.15) is 4.32 Å². The zero-order chi connectivity index (χ0) is 16.7. The van der Waals surface area contributed by atoms with Crippen molar-refractivity contribution in [2.24, 2.45) is 5.92 Å². The van der Waals surface area contributed by atoms with E-state index in [1.165, 1.54) is 6.92 Å². The van der Waals surface area contributed by atoms with Crippen molar-refractivity contribution in [1.82, 2.24) is 0 Å². The van der Waals surface area contributed by atoms with Gasteiger partial charge in [-0.05, 0) is 18.4 Å². The maximum Gasteiger partial charge on any atom is 0.314 e. The third kappa shape index (κ3) is 2.48. The molecule has 124 valence electrons. The summed E-state index contributed by atoms with van der Waals surface area (Å²) in [5.74, 6) is -2.65. The molecule has 0 bridgehead atoms. The second-order valence-electron chi connectivity index (χ2n) is 6.15. The van der Waals surface area contributed by atoms with Gasteiger partial charge in [0.05, 0.1) is 12.5 Å². The summed E-state index contributed by atoms with van der Waals surface area (Å²) < 4.78 is 10.5. The molecule has 2 aliphatic rings. The summed E-state index contributed by atoms with van der Waals surface area (Å²) in [6.45, 7) is 1.23. The number of carbonyl (C=O) groups excluding carboxylic acids is 2. The lowest BCUT2D eigenvalue weighted by atomic mass is 9.74. The molecule has 0 aromatic heterocycles. The molecule has 6 heteroatoms. The summed E-state index contributed by atoms with van der Waals surface area (Å²) >= 11 is 3.72. The van der Waals surface area contributed by atoms with Gasteiger partial charge in [-0.1, -0.05) is 53.0 Å². The van der Waals surface area contributed by atoms with Crippen LogP contribution in [0.1, 0.15) is 43.7 Å². The molecule has 1 aromatic carbocycles. The zero-order valence-electron chi connectivity index (χ0n) is 12.9. The number of alkyl halides is 1. The summed E-state index contributed by atoms with van der Waals surface area (Å²) in [6, 6.07) is 6.95. The van der Waals surface area contributed by atoms with Gasteiger partial charge < -0.3 is 14.6 Å². The molecule has 0 radical (unpaired) electrons. The number of cyclic esters (lactones) is 1. The normalized spacial score (nSPS) is 33.0. The molecule has 23 heavy (non-hydrogen) atoms. The molecule has 1 aromatic rings. The van der Waals surface area contributed by atoms with Crippen LogP contribution in [0.25, 0.3) is 0 Å². The van der Waals surface area contributed by atoms with Gasteiger partial charge in [0, 0.05) is 12.5 Å². The topological polar surface area (TPSA) is 72.8 Å². The number of hydrogen-bond donors (Lipinski definition) is 1. The monoisotopic (exact) mass is 382 g/mol. The number of ether oxygens (including phenoxy) is 2. The van der Waals surface area contributed by atoms with Crippen LogP contribution in [0.2, 0.25) is 0 Å². The minimum atomic E-state index is -1.46. The van der Waals surface area contributed by atoms with E-state index in [2.05, 4.69) is 15.9 Å². The molecule has 1 saturated carbocycles. The zero-order valence-corrected chi connectivity index (χ0v) is 14.5. The lowest BCUT2D eigenvalue weighted by Gasteiger charge is -2.42. The van der Waals surface area contributed by atoms with Crippen molar-refractivity contribution in [1.29, 1.82) is 0 Å². The van der Waals surface area contributed by atoms with Gasteiger partial charge in [-0.15, -0.1) is 0 Å². The highest BCUT2D eigenvalue weighted by Gasteiger charge is 2.69. The molecule has 5 nitrogen and oxygen atoms in total. The fraction of sp³-hybridized carbons (Fsp3) is 0.529. The predicted molar refractivity (Wildman–Crippen MR) is 85.5 cm³/mol. The number of benzene rings is 1. The molecule has 1 saturated heterocycles.